The predicted octanol–water partition coefficient (Wildman–Crippen LogP) is 1.89. The molecule has 0 fully saturated rings. The molecule has 1 rings (SSSR count). The first-order chi connectivity index (χ1) is 4.29. The van der Waals surface area contributed by atoms with Crippen LogP contribution in [-0.4, -0.2) is 10.8 Å². The van der Waals surface area contributed by atoms with Crippen LogP contribution in [0.15, 0.2) is 18.3 Å². The Morgan fingerprint density at radius 1 is 1.78 bits per heavy atom. The van der Waals surface area contributed by atoms with Gasteiger partial charge in [0.05, 0.1) is 0 Å². The highest BCUT2D eigenvalue weighted by atomic mass is 35.5. The van der Waals surface area contributed by atoms with Gasteiger partial charge >= 0.3 is 5.82 Å². The lowest BCUT2D eigenvalue weighted by molar-refractivity contribution is 0.141. The summed E-state index contributed by atoms with van der Waals surface area (Å²) in [6.45, 7) is 0. The number of H-pyrrole nitrogens is 1. The highest BCUT2D eigenvalue weighted by Crippen LogP contribution is 2.09. The lowest BCUT2D eigenvalue weighted by Crippen LogP contribution is -1.99. The van der Waals surface area contributed by atoms with E-state index in [1.54, 1.807) is 18.3 Å². The molecule has 1 N–H and O–H groups in total. The molecule has 0 aromatic carbocycles. The normalized spacial score (nSPS) is 13.1. The molecule has 1 heterocycles. The molecule has 0 bridgehead atoms. The highest BCUT2D eigenvalue weighted by Gasteiger charge is 2.00. The smallest absolute Gasteiger partial charge is 0.317 e. The van der Waals surface area contributed by atoms with E-state index in [4.69, 9.17) is 11.6 Å². The molecule has 0 aliphatic rings. The van der Waals surface area contributed by atoms with Crippen LogP contribution in [0.3, 0.4) is 0 Å². The SMILES string of the molecule is FC(Cl)Oc1ccc[nH]1. The van der Waals surface area contributed by atoms with E-state index in [2.05, 4.69) is 9.72 Å². The minimum absolute atomic E-state index is 0.331. The van der Waals surface area contributed by atoms with Crippen molar-refractivity contribution in [3.63, 3.8) is 0 Å². The molecular formula is C5H5ClFNO. The molecule has 0 radical (unpaired) electrons. The van der Waals surface area contributed by atoms with Gasteiger partial charge in [-0.05, 0) is 23.7 Å². The lowest BCUT2D eigenvalue weighted by Gasteiger charge is -1.99. The number of aromatic nitrogens is 1. The molecule has 0 saturated carbocycles. The molecule has 0 aliphatic heterocycles. The largest absolute Gasteiger partial charge is 0.432 e. The number of aromatic amines is 1. The van der Waals surface area contributed by atoms with Crippen LogP contribution in [0.4, 0.5) is 4.39 Å². The van der Waals surface area contributed by atoms with Crippen molar-refractivity contribution in [1.82, 2.24) is 4.98 Å². The molecule has 1 aromatic heterocycles. The van der Waals surface area contributed by atoms with E-state index in [1.807, 2.05) is 0 Å². The van der Waals surface area contributed by atoms with E-state index in [1.165, 1.54) is 0 Å². The molecule has 0 spiro atoms. The molecular weight excluding hydrogens is 145 g/mol. The van der Waals surface area contributed by atoms with Crippen LogP contribution in [0.1, 0.15) is 0 Å². The molecule has 50 valence electrons. The Hall–Kier alpha value is -0.700. The van der Waals surface area contributed by atoms with Crippen molar-refractivity contribution in [2.24, 2.45) is 0 Å². The Morgan fingerprint density at radius 3 is 3.00 bits per heavy atom. The van der Waals surface area contributed by atoms with Gasteiger partial charge in [0.2, 0.25) is 0 Å². The van der Waals surface area contributed by atoms with Crippen LogP contribution < -0.4 is 4.74 Å². The quantitative estimate of drug-likeness (QED) is 0.639. The first kappa shape index (κ1) is 6.42. The highest BCUT2D eigenvalue weighted by molar-refractivity contribution is 6.18. The Morgan fingerprint density at radius 2 is 2.56 bits per heavy atom. The second kappa shape index (κ2) is 2.73. The first-order valence-corrected chi connectivity index (χ1v) is 2.81. The van der Waals surface area contributed by atoms with Gasteiger partial charge in [0.15, 0.2) is 5.88 Å². The number of hydrogen-bond acceptors (Lipinski definition) is 1. The molecule has 0 aliphatic carbocycles. The fourth-order valence-corrected chi connectivity index (χ4v) is 0.579. The Bertz CT molecular complexity index is 163. The van der Waals surface area contributed by atoms with E-state index >= 15 is 0 Å². The summed E-state index contributed by atoms with van der Waals surface area (Å²) >= 11 is 4.86. The average Bonchev–Trinajstić information content (AvgIpc) is 2.15. The minimum atomic E-state index is -1.77. The fourth-order valence-electron chi connectivity index (χ4n) is 0.483. The van der Waals surface area contributed by atoms with Crippen molar-refractivity contribution in [1.29, 1.82) is 0 Å². The molecule has 1 atom stereocenters. The fraction of sp³-hybridized carbons (Fsp3) is 0.200. The maximum absolute atomic E-state index is 11.8. The number of rotatable bonds is 2. The summed E-state index contributed by atoms with van der Waals surface area (Å²) in [6, 6.07) is 3.27. The average molecular weight is 150 g/mol. The minimum Gasteiger partial charge on any atom is -0.432 e. The van der Waals surface area contributed by atoms with E-state index in [0.717, 1.165) is 0 Å². The zero-order valence-electron chi connectivity index (χ0n) is 4.47. The van der Waals surface area contributed by atoms with Crippen molar-refractivity contribution in [2.45, 2.75) is 5.82 Å². The van der Waals surface area contributed by atoms with Gasteiger partial charge in [-0.15, -0.1) is 0 Å². The number of nitrogens with one attached hydrogen (secondary N) is 1. The summed E-state index contributed by atoms with van der Waals surface area (Å²) in [5.41, 5.74) is 0. The summed E-state index contributed by atoms with van der Waals surface area (Å²) < 4.78 is 16.2. The van der Waals surface area contributed by atoms with Gasteiger partial charge in [0, 0.05) is 6.20 Å². The summed E-state index contributed by atoms with van der Waals surface area (Å²) in [5.74, 6) is -1.44. The van der Waals surface area contributed by atoms with Gasteiger partial charge in [0.1, 0.15) is 0 Å². The van der Waals surface area contributed by atoms with Crippen molar-refractivity contribution in [2.75, 3.05) is 0 Å². The first-order valence-electron chi connectivity index (χ1n) is 2.37. The van der Waals surface area contributed by atoms with E-state index in [9.17, 15) is 4.39 Å². The zero-order chi connectivity index (χ0) is 6.69. The van der Waals surface area contributed by atoms with Crippen molar-refractivity contribution in [3.8, 4) is 5.88 Å². The zero-order valence-corrected chi connectivity index (χ0v) is 5.23. The summed E-state index contributed by atoms with van der Waals surface area (Å²) in [7, 11) is 0. The summed E-state index contributed by atoms with van der Waals surface area (Å²) in [6.07, 6.45) is 1.62. The van der Waals surface area contributed by atoms with Gasteiger partial charge in [-0.3, -0.25) is 0 Å². The molecule has 2 nitrogen and oxygen atoms in total. The number of halogens is 2. The van der Waals surface area contributed by atoms with Gasteiger partial charge in [-0.25, -0.2) is 0 Å². The summed E-state index contributed by atoms with van der Waals surface area (Å²) in [5, 5.41) is 0. The predicted molar refractivity (Wildman–Crippen MR) is 32.2 cm³/mol. The van der Waals surface area contributed by atoms with Gasteiger partial charge in [0.25, 0.3) is 0 Å². The topological polar surface area (TPSA) is 25.0 Å². The van der Waals surface area contributed by atoms with Crippen LogP contribution in [0.25, 0.3) is 0 Å². The Labute approximate surface area is 56.6 Å². The number of alkyl halides is 2. The van der Waals surface area contributed by atoms with E-state index < -0.39 is 5.82 Å². The second-order valence-electron chi connectivity index (χ2n) is 1.41. The van der Waals surface area contributed by atoms with Crippen LogP contribution in [0.5, 0.6) is 5.88 Å². The van der Waals surface area contributed by atoms with E-state index in [0.29, 0.717) is 5.88 Å². The Balaban J connectivity index is 2.48. The molecule has 1 aromatic rings. The molecule has 9 heavy (non-hydrogen) atoms. The lowest BCUT2D eigenvalue weighted by atomic mass is 10.7. The van der Waals surface area contributed by atoms with Crippen molar-refractivity contribution < 1.29 is 9.13 Å². The third-order valence-corrected chi connectivity index (χ3v) is 0.875. The van der Waals surface area contributed by atoms with Gasteiger partial charge in [-0.1, -0.05) is 0 Å². The monoisotopic (exact) mass is 149 g/mol. The molecule has 4 heteroatoms. The Kier molecular flexibility index (Phi) is 1.95. The van der Waals surface area contributed by atoms with Gasteiger partial charge < -0.3 is 9.72 Å². The molecule has 0 saturated heterocycles. The summed E-state index contributed by atoms with van der Waals surface area (Å²) in [4.78, 5) is 2.62. The second-order valence-corrected chi connectivity index (χ2v) is 1.76. The standard InChI is InChI=1S/C5H5ClFNO/c6-5(7)9-4-2-1-3-8-4/h1-3,5,8H. The van der Waals surface area contributed by atoms with Gasteiger partial charge in [-0.2, -0.15) is 4.39 Å². The van der Waals surface area contributed by atoms with Crippen molar-refractivity contribution in [3.05, 3.63) is 18.3 Å². The third kappa shape index (κ3) is 1.93. The molecule has 1 unspecified atom stereocenters. The van der Waals surface area contributed by atoms with Crippen LogP contribution in [-0.2, 0) is 0 Å². The molecule has 0 amide bonds. The third-order valence-electron chi connectivity index (χ3n) is 0.785. The van der Waals surface area contributed by atoms with Crippen LogP contribution in [0.2, 0.25) is 0 Å². The number of hydrogen-bond donors (Lipinski definition) is 1. The van der Waals surface area contributed by atoms with E-state index in [-0.39, 0.29) is 0 Å². The maximum Gasteiger partial charge on any atom is 0.317 e. The van der Waals surface area contributed by atoms with Crippen LogP contribution >= 0.6 is 11.6 Å². The number of ether oxygens (including phenoxy) is 1. The maximum atomic E-state index is 11.8. The van der Waals surface area contributed by atoms with Crippen LogP contribution in [0, 0.1) is 0 Å². The van der Waals surface area contributed by atoms with Crippen molar-refractivity contribution >= 4 is 11.6 Å².